The van der Waals surface area contributed by atoms with Crippen LogP contribution in [0, 0.1) is 11.3 Å². The number of carboxylic acid groups (broad SMARTS) is 1. The smallest absolute Gasteiger partial charge is 0.337 e. The number of nitrogens with zero attached hydrogens (tertiary/aromatic N) is 1. The number of carboxylic acids is 1. The van der Waals surface area contributed by atoms with Gasteiger partial charge in [0.05, 0.1) is 11.1 Å². The summed E-state index contributed by atoms with van der Waals surface area (Å²) >= 11 is 0. The summed E-state index contributed by atoms with van der Waals surface area (Å²) in [5.41, 5.74) is 1.75. The van der Waals surface area contributed by atoms with E-state index in [2.05, 4.69) is 0 Å². The standard InChI is InChI=1S/C12H7NO2/c13-7-11-9-5-3-1-2-4-8(9)6-10(11)12(14)15/h1-6H,(H,14,15). The minimum atomic E-state index is -1.06. The zero-order valence-electron chi connectivity index (χ0n) is 7.77. The fraction of sp³-hybridized carbons (Fsp3) is 0. The van der Waals surface area contributed by atoms with E-state index in [0.29, 0.717) is 5.56 Å². The number of rotatable bonds is 1. The van der Waals surface area contributed by atoms with Crippen molar-refractivity contribution in [1.82, 2.24) is 0 Å². The van der Waals surface area contributed by atoms with Gasteiger partial charge in [-0.1, -0.05) is 30.3 Å². The van der Waals surface area contributed by atoms with E-state index in [-0.39, 0.29) is 11.1 Å². The molecule has 2 aliphatic carbocycles. The maximum absolute atomic E-state index is 10.9. The summed E-state index contributed by atoms with van der Waals surface area (Å²) in [5, 5.41) is 17.8. The summed E-state index contributed by atoms with van der Waals surface area (Å²) in [7, 11) is 0. The first-order chi connectivity index (χ1) is 7.24. The largest absolute Gasteiger partial charge is 0.478 e. The van der Waals surface area contributed by atoms with E-state index in [1.807, 2.05) is 18.2 Å². The zero-order chi connectivity index (χ0) is 10.8. The molecule has 0 saturated heterocycles. The lowest BCUT2D eigenvalue weighted by Gasteiger charge is -1.91. The van der Waals surface area contributed by atoms with E-state index < -0.39 is 5.97 Å². The van der Waals surface area contributed by atoms with Gasteiger partial charge >= 0.3 is 5.97 Å². The van der Waals surface area contributed by atoms with E-state index in [4.69, 9.17) is 10.4 Å². The van der Waals surface area contributed by atoms with Crippen molar-refractivity contribution in [2.24, 2.45) is 0 Å². The van der Waals surface area contributed by atoms with Gasteiger partial charge in [0, 0.05) is 5.56 Å². The highest BCUT2D eigenvalue weighted by Crippen LogP contribution is 2.30. The molecule has 2 rings (SSSR count). The van der Waals surface area contributed by atoms with Crippen LogP contribution in [0.2, 0.25) is 0 Å². The average Bonchev–Trinajstić information content (AvgIpc) is 2.40. The Balaban J connectivity index is 2.81. The first kappa shape index (κ1) is 9.22. The topological polar surface area (TPSA) is 61.1 Å². The highest BCUT2D eigenvalue weighted by Gasteiger charge is 2.18. The summed E-state index contributed by atoms with van der Waals surface area (Å²) in [6.45, 7) is 0. The van der Waals surface area contributed by atoms with Gasteiger partial charge in [0.2, 0.25) is 0 Å². The number of nitriles is 1. The molecule has 0 heterocycles. The molecule has 3 heteroatoms. The molecule has 0 saturated carbocycles. The summed E-state index contributed by atoms with van der Waals surface area (Å²) in [6, 6.07) is 12.4. The molecule has 0 aromatic heterocycles. The highest BCUT2D eigenvalue weighted by molar-refractivity contribution is 5.97. The molecule has 0 bridgehead atoms. The van der Waals surface area contributed by atoms with Gasteiger partial charge in [-0.05, 0) is 11.6 Å². The molecule has 0 radical (unpaired) electrons. The molecule has 0 aromatic carbocycles. The highest BCUT2D eigenvalue weighted by atomic mass is 16.4. The summed E-state index contributed by atoms with van der Waals surface area (Å²) in [5.74, 6) is -1.06. The molecular weight excluding hydrogens is 190 g/mol. The van der Waals surface area contributed by atoms with Crippen LogP contribution in [0.3, 0.4) is 0 Å². The second-order valence-electron chi connectivity index (χ2n) is 3.13. The Kier molecular flexibility index (Phi) is 2.11. The Morgan fingerprint density at radius 3 is 2.67 bits per heavy atom. The van der Waals surface area contributed by atoms with Crippen molar-refractivity contribution in [1.29, 1.82) is 5.26 Å². The molecule has 0 aromatic rings. The van der Waals surface area contributed by atoms with Gasteiger partial charge in [-0.2, -0.15) is 5.26 Å². The molecule has 0 atom stereocenters. The quantitative estimate of drug-likeness (QED) is 0.763. The third-order valence-electron chi connectivity index (χ3n) is 2.25. The number of fused-ring (bicyclic) bond motifs is 1. The van der Waals surface area contributed by atoms with E-state index in [1.165, 1.54) is 6.07 Å². The van der Waals surface area contributed by atoms with E-state index >= 15 is 0 Å². The lowest BCUT2D eigenvalue weighted by Crippen LogP contribution is -1.95. The Bertz CT molecular complexity index is 540. The van der Waals surface area contributed by atoms with E-state index in [1.54, 1.807) is 18.2 Å². The number of hydrogen-bond acceptors (Lipinski definition) is 2. The van der Waals surface area contributed by atoms with Crippen LogP contribution in [-0.4, -0.2) is 11.1 Å². The molecule has 0 unspecified atom stereocenters. The van der Waals surface area contributed by atoms with Crippen molar-refractivity contribution in [2.45, 2.75) is 0 Å². The van der Waals surface area contributed by atoms with E-state index in [9.17, 15) is 4.79 Å². The first-order valence-corrected chi connectivity index (χ1v) is 4.39. The lowest BCUT2D eigenvalue weighted by atomic mass is 10.1. The average molecular weight is 197 g/mol. The van der Waals surface area contributed by atoms with Crippen LogP contribution < -0.4 is 0 Å². The molecule has 72 valence electrons. The SMILES string of the molecule is N#Cc1c(C(=O)O)cc2cccccc1-2. The summed E-state index contributed by atoms with van der Waals surface area (Å²) < 4.78 is 0. The first-order valence-electron chi connectivity index (χ1n) is 4.39. The number of hydrogen-bond donors (Lipinski definition) is 1. The van der Waals surface area contributed by atoms with Crippen LogP contribution in [0.25, 0.3) is 11.1 Å². The normalized spacial score (nSPS) is 9.80. The fourth-order valence-corrected chi connectivity index (χ4v) is 1.58. The molecule has 0 aliphatic heterocycles. The van der Waals surface area contributed by atoms with Crippen LogP contribution in [0.1, 0.15) is 15.9 Å². The van der Waals surface area contributed by atoms with Crippen LogP contribution >= 0.6 is 0 Å². The van der Waals surface area contributed by atoms with Gasteiger partial charge in [0.25, 0.3) is 0 Å². The van der Waals surface area contributed by atoms with Gasteiger partial charge in [-0.15, -0.1) is 0 Å². The third kappa shape index (κ3) is 1.42. The summed E-state index contributed by atoms with van der Waals surface area (Å²) in [6.07, 6.45) is 0. The molecule has 15 heavy (non-hydrogen) atoms. The monoisotopic (exact) mass is 197 g/mol. The van der Waals surface area contributed by atoms with Gasteiger partial charge in [0.1, 0.15) is 6.07 Å². The van der Waals surface area contributed by atoms with Gasteiger partial charge < -0.3 is 5.11 Å². The maximum Gasteiger partial charge on any atom is 0.337 e. The van der Waals surface area contributed by atoms with Crippen LogP contribution in [0.5, 0.6) is 0 Å². The lowest BCUT2D eigenvalue weighted by molar-refractivity contribution is 0.0697. The van der Waals surface area contributed by atoms with Crippen molar-refractivity contribution in [3.63, 3.8) is 0 Å². The second-order valence-corrected chi connectivity index (χ2v) is 3.13. The Labute approximate surface area is 86.5 Å². The molecule has 3 nitrogen and oxygen atoms in total. The Morgan fingerprint density at radius 1 is 1.27 bits per heavy atom. The summed E-state index contributed by atoms with van der Waals surface area (Å²) in [4.78, 5) is 10.9. The van der Waals surface area contributed by atoms with Crippen molar-refractivity contribution in [2.75, 3.05) is 0 Å². The molecule has 0 amide bonds. The van der Waals surface area contributed by atoms with Crippen molar-refractivity contribution < 1.29 is 9.90 Å². The predicted molar refractivity (Wildman–Crippen MR) is 54.7 cm³/mol. The second kappa shape index (κ2) is 3.43. The molecule has 0 fully saturated rings. The van der Waals surface area contributed by atoms with Crippen molar-refractivity contribution in [3.05, 3.63) is 47.5 Å². The molecule has 2 aliphatic rings. The van der Waals surface area contributed by atoms with Crippen LogP contribution in [-0.2, 0) is 0 Å². The minimum Gasteiger partial charge on any atom is -0.478 e. The fourth-order valence-electron chi connectivity index (χ4n) is 1.58. The number of aromatic carboxylic acids is 1. The van der Waals surface area contributed by atoms with Gasteiger partial charge in [-0.3, -0.25) is 0 Å². The van der Waals surface area contributed by atoms with Crippen LogP contribution in [0.15, 0.2) is 36.4 Å². The number of carbonyl (C=O) groups is 1. The Morgan fingerprint density at radius 2 is 2.00 bits per heavy atom. The van der Waals surface area contributed by atoms with Gasteiger partial charge in [0.15, 0.2) is 0 Å². The predicted octanol–water partition coefficient (Wildman–Crippen LogP) is 2.36. The van der Waals surface area contributed by atoms with Gasteiger partial charge in [-0.25, -0.2) is 4.79 Å². The molecule has 0 spiro atoms. The van der Waals surface area contributed by atoms with Crippen molar-refractivity contribution in [3.8, 4) is 17.2 Å². The zero-order valence-corrected chi connectivity index (χ0v) is 7.77. The van der Waals surface area contributed by atoms with Crippen LogP contribution in [0.4, 0.5) is 0 Å². The van der Waals surface area contributed by atoms with E-state index in [0.717, 1.165) is 5.56 Å². The van der Waals surface area contributed by atoms with Crippen molar-refractivity contribution >= 4 is 5.97 Å². The third-order valence-corrected chi connectivity index (χ3v) is 2.25. The molecule has 1 N–H and O–H groups in total. The molecular formula is C12H7NO2. The minimum absolute atomic E-state index is 0.0682. The maximum atomic E-state index is 10.9. The Hall–Kier alpha value is -2.34.